The number of hydrogen-bond acceptors (Lipinski definition) is 7. The number of aromatic nitrogens is 1. The second-order valence-corrected chi connectivity index (χ2v) is 5.88. The number of benzene rings is 1. The van der Waals surface area contributed by atoms with Crippen molar-refractivity contribution in [2.75, 3.05) is 11.5 Å². The number of nitriles is 2. The van der Waals surface area contributed by atoms with Gasteiger partial charge in [0.25, 0.3) is 0 Å². The molecule has 0 unspecified atom stereocenters. The van der Waals surface area contributed by atoms with Gasteiger partial charge in [-0.2, -0.15) is 10.5 Å². The molecule has 0 atom stereocenters. The maximum atomic E-state index is 12.7. The summed E-state index contributed by atoms with van der Waals surface area (Å²) in [5.74, 6) is -0.216. The summed E-state index contributed by atoms with van der Waals surface area (Å²) in [7, 11) is -4.16. The van der Waals surface area contributed by atoms with E-state index in [1.165, 1.54) is 30.3 Å². The summed E-state index contributed by atoms with van der Waals surface area (Å²) in [5, 5.41) is 18.1. The first kappa shape index (κ1) is 14.3. The van der Waals surface area contributed by atoms with E-state index in [2.05, 4.69) is 4.98 Å². The molecule has 0 radical (unpaired) electrons. The van der Waals surface area contributed by atoms with Crippen molar-refractivity contribution >= 4 is 21.5 Å². The summed E-state index contributed by atoms with van der Waals surface area (Å²) in [6.07, 6.45) is 0. The third-order valence-corrected chi connectivity index (χ3v) is 4.62. The molecule has 0 saturated heterocycles. The Morgan fingerprint density at radius 3 is 2.05 bits per heavy atom. The predicted octanol–water partition coefficient (Wildman–Crippen LogP) is 0.822. The van der Waals surface area contributed by atoms with Gasteiger partial charge in [0, 0.05) is 0 Å². The molecule has 4 N–H and O–H groups in total. The Balaban J connectivity index is 2.83. The van der Waals surface area contributed by atoms with Crippen LogP contribution >= 0.6 is 0 Å². The van der Waals surface area contributed by atoms with Crippen LogP contribution in [-0.2, 0) is 9.84 Å². The normalized spacial score (nSPS) is 10.6. The van der Waals surface area contributed by atoms with Crippen LogP contribution < -0.4 is 11.5 Å². The first-order chi connectivity index (χ1) is 9.91. The lowest BCUT2D eigenvalue weighted by Crippen LogP contribution is -2.11. The standard InChI is InChI=1S/C13H9N5O2S/c14-6-8-2-1-3-9(7-15)12(8)21(19,20)10-4-5-11(16)18-13(10)17/h1-5H,(H4,16,17,18). The van der Waals surface area contributed by atoms with Crippen LogP contribution in [0.2, 0.25) is 0 Å². The zero-order chi connectivity index (χ0) is 15.6. The fourth-order valence-electron chi connectivity index (χ4n) is 1.82. The largest absolute Gasteiger partial charge is 0.384 e. The fraction of sp³-hybridized carbons (Fsp3) is 0. The van der Waals surface area contributed by atoms with Crippen LogP contribution in [0.4, 0.5) is 11.6 Å². The van der Waals surface area contributed by atoms with E-state index in [0.29, 0.717) is 0 Å². The molecule has 1 heterocycles. The van der Waals surface area contributed by atoms with Gasteiger partial charge < -0.3 is 11.5 Å². The first-order valence-corrected chi connectivity index (χ1v) is 7.10. The van der Waals surface area contributed by atoms with Gasteiger partial charge in [0.05, 0.1) is 11.1 Å². The van der Waals surface area contributed by atoms with E-state index in [-0.39, 0.29) is 32.6 Å². The highest BCUT2D eigenvalue weighted by molar-refractivity contribution is 7.91. The van der Waals surface area contributed by atoms with E-state index in [1.54, 1.807) is 12.1 Å². The van der Waals surface area contributed by atoms with Crippen LogP contribution in [0.1, 0.15) is 11.1 Å². The van der Waals surface area contributed by atoms with Crippen LogP contribution in [0.5, 0.6) is 0 Å². The van der Waals surface area contributed by atoms with Crippen LogP contribution in [0, 0.1) is 22.7 Å². The molecule has 8 heteroatoms. The van der Waals surface area contributed by atoms with Gasteiger partial charge in [-0.1, -0.05) is 6.07 Å². The molecule has 104 valence electrons. The van der Waals surface area contributed by atoms with Crippen molar-refractivity contribution in [2.45, 2.75) is 9.79 Å². The second kappa shape index (κ2) is 5.12. The van der Waals surface area contributed by atoms with Crippen LogP contribution in [0.15, 0.2) is 40.1 Å². The van der Waals surface area contributed by atoms with E-state index in [1.807, 2.05) is 0 Å². The number of nitrogen functional groups attached to an aromatic ring is 2. The molecular weight excluding hydrogens is 290 g/mol. The lowest BCUT2D eigenvalue weighted by Gasteiger charge is -2.10. The minimum atomic E-state index is -4.16. The summed E-state index contributed by atoms with van der Waals surface area (Å²) in [4.78, 5) is 3.01. The number of hydrogen-bond donors (Lipinski definition) is 2. The quantitative estimate of drug-likeness (QED) is 0.834. The number of rotatable bonds is 2. The number of anilines is 2. The molecule has 7 nitrogen and oxygen atoms in total. The third kappa shape index (κ3) is 2.36. The molecule has 2 rings (SSSR count). The molecule has 0 fully saturated rings. The number of sulfone groups is 1. The van der Waals surface area contributed by atoms with E-state index in [0.717, 1.165) is 0 Å². The van der Waals surface area contributed by atoms with Gasteiger partial charge in [-0.05, 0) is 24.3 Å². The molecule has 0 saturated carbocycles. The average Bonchev–Trinajstić information content (AvgIpc) is 2.45. The van der Waals surface area contributed by atoms with Crippen molar-refractivity contribution in [1.29, 1.82) is 10.5 Å². The second-order valence-electron chi connectivity index (χ2n) is 4.03. The average molecular weight is 299 g/mol. The van der Waals surface area contributed by atoms with E-state index < -0.39 is 9.84 Å². The molecule has 2 aromatic rings. The Bertz CT molecular complexity index is 875. The minimum Gasteiger partial charge on any atom is -0.384 e. The van der Waals surface area contributed by atoms with E-state index in [4.69, 9.17) is 22.0 Å². The van der Waals surface area contributed by atoms with Gasteiger partial charge in [0.2, 0.25) is 9.84 Å². The van der Waals surface area contributed by atoms with Gasteiger partial charge in [-0.15, -0.1) is 0 Å². The zero-order valence-corrected chi connectivity index (χ0v) is 11.4. The summed E-state index contributed by atoms with van der Waals surface area (Å²) >= 11 is 0. The van der Waals surface area contributed by atoms with Crippen molar-refractivity contribution in [2.24, 2.45) is 0 Å². The molecule has 0 bridgehead atoms. The molecule has 0 aliphatic heterocycles. The van der Waals surface area contributed by atoms with Crippen LogP contribution in [-0.4, -0.2) is 13.4 Å². The van der Waals surface area contributed by atoms with Crippen molar-refractivity contribution in [3.05, 3.63) is 41.5 Å². The monoisotopic (exact) mass is 299 g/mol. The SMILES string of the molecule is N#Cc1cccc(C#N)c1S(=O)(=O)c1ccc(N)nc1N. The molecular formula is C13H9N5O2S. The highest BCUT2D eigenvalue weighted by atomic mass is 32.2. The van der Waals surface area contributed by atoms with Gasteiger partial charge in [0.1, 0.15) is 33.6 Å². The minimum absolute atomic E-state index is 0.0699. The van der Waals surface area contributed by atoms with Crippen LogP contribution in [0.25, 0.3) is 0 Å². The lowest BCUT2D eigenvalue weighted by molar-refractivity contribution is 0.595. The Morgan fingerprint density at radius 1 is 1.00 bits per heavy atom. The maximum absolute atomic E-state index is 12.7. The summed E-state index contributed by atoms with van der Waals surface area (Å²) in [5.41, 5.74) is 10.8. The van der Waals surface area contributed by atoms with E-state index >= 15 is 0 Å². The molecule has 21 heavy (non-hydrogen) atoms. The van der Waals surface area contributed by atoms with Crippen molar-refractivity contribution in [3.8, 4) is 12.1 Å². The third-order valence-electron chi connectivity index (χ3n) is 2.72. The van der Waals surface area contributed by atoms with Gasteiger partial charge in [-0.25, -0.2) is 13.4 Å². The first-order valence-electron chi connectivity index (χ1n) is 5.62. The van der Waals surface area contributed by atoms with Gasteiger partial charge >= 0.3 is 0 Å². The van der Waals surface area contributed by atoms with Crippen molar-refractivity contribution in [1.82, 2.24) is 4.98 Å². The predicted molar refractivity (Wildman–Crippen MR) is 74.4 cm³/mol. The summed E-state index contributed by atoms with van der Waals surface area (Å²) in [6.45, 7) is 0. The fourth-order valence-corrected chi connectivity index (χ4v) is 3.41. The lowest BCUT2D eigenvalue weighted by atomic mass is 10.1. The molecule has 0 spiro atoms. The Hall–Kier alpha value is -3.10. The Morgan fingerprint density at radius 2 is 1.57 bits per heavy atom. The molecule has 0 amide bonds. The smallest absolute Gasteiger partial charge is 0.212 e. The highest BCUT2D eigenvalue weighted by Crippen LogP contribution is 2.30. The van der Waals surface area contributed by atoms with Crippen LogP contribution in [0.3, 0.4) is 0 Å². The molecule has 0 aliphatic carbocycles. The van der Waals surface area contributed by atoms with Gasteiger partial charge in [0.15, 0.2) is 0 Å². The Labute approximate surface area is 121 Å². The topological polar surface area (TPSA) is 147 Å². The summed E-state index contributed by atoms with van der Waals surface area (Å²) in [6, 6.07) is 10.1. The van der Waals surface area contributed by atoms with E-state index in [9.17, 15) is 8.42 Å². The van der Waals surface area contributed by atoms with Crippen molar-refractivity contribution in [3.63, 3.8) is 0 Å². The number of pyridine rings is 1. The number of nitrogens with two attached hydrogens (primary N) is 2. The molecule has 1 aromatic heterocycles. The molecule has 1 aromatic carbocycles. The molecule has 0 aliphatic rings. The zero-order valence-electron chi connectivity index (χ0n) is 10.6. The van der Waals surface area contributed by atoms with Gasteiger partial charge in [-0.3, -0.25) is 0 Å². The van der Waals surface area contributed by atoms with Crippen molar-refractivity contribution < 1.29 is 8.42 Å². The number of nitrogens with zero attached hydrogens (tertiary/aromatic N) is 3. The summed E-state index contributed by atoms with van der Waals surface area (Å²) < 4.78 is 25.3. The maximum Gasteiger partial charge on any atom is 0.212 e. The Kier molecular flexibility index (Phi) is 3.49. The highest BCUT2D eigenvalue weighted by Gasteiger charge is 2.27.